The van der Waals surface area contributed by atoms with Crippen LogP contribution in [0.1, 0.15) is 0 Å². The Hall–Kier alpha value is -3.45. The number of aromatic nitrogens is 3. The Kier molecular flexibility index (Phi) is 5.96. The quantitative estimate of drug-likeness (QED) is 0.561. The van der Waals surface area contributed by atoms with Crippen LogP contribution in [0.15, 0.2) is 28.8 Å². The zero-order chi connectivity index (χ0) is 22.8. The third-order valence-electron chi connectivity index (χ3n) is 5.93. The summed E-state index contributed by atoms with van der Waals surface area (Å²) in [5.41, 5.74) is 6.09. The molecule has 0 unspecified atom stereocenters. The van der Waals surface area contributed by atoms with E-state index in [0.29, 0.717) is 69.7 Å². The number of carbonyl (C=O) groups excluding carboxylic acids is 2. The fraction of sp³-hybridized carbons (Fsp3) is 0.450. The summed E-state index contributed by atoms with van der Waals surface area (Å²) in [4.78, 5) is 36.9. The van der Waals surface area contributed by atoms with Crippen molar-refractivity contribution in [2.45, 2.75) is 0 Å². The molecular weight excluding hydrogens is 446 g/mol. The van der Waals surface area contributed by atoms with Crippen molar-refractivity contribution >= 4 is 51.3 Å². The van der Waals surface area contributed by atoms with Gasteiger partial charge in [0.25, 0.3) is 0 Å². The van der Waals surface area contributed by atoms with Gasteiger partial charge in [0.2, 0.25) is 17.0 Å². The zero-order valence-corrected chi connectivity index (χ0v) is 18.8. The third kappa shape index (κ3) is 4.41. The molecule has 12 nitrogen and oxygen atoms in total. The topological polar surface area (TPSA) is 137 Å². The fourth-order valence-electron chi connectivity index (χ4n) is 4.01. The normalized spacial score (nSPS) is 17.0. The molecule has 2 saturated heterocycles. The molecule has 0 aliphatic carbocycles. The van der Waals surface area contributed by atoms with Crippen molar-refractivity contribution in [2.24, 2.45) is 5.73 Å². The van der Waals surface area contributed by atoms with Crippen LogP contribution in [0.4, 0.5) is 21.7 Å². The molecule has 174 valence electrons. The van der Waals surface area contributed by atoms with Crippen molar-refractivity contribution in [1.29, 1.82) is 0 Å². The predicted octanol–water partition coefficient (Wildman–Crippen LogP) is 0.641. The first-order valence-electron chi connectivity index (χ1n) is 10.8. The van der Waals surface area contributed by atoms with Crippen molar-refractivity contribution in [1.82, 2.24) is 24.3 Å². The molecule has 4 heterocycles. The molecule has 5 rings (SSSR count). The molecule has 3 N–H and O–H groups in total. The van der Waals surface area contributed by atoms with Crippen molar-refractivity contribution in [3.05, 3.63) is 24.3 Å². The summed E-state index contributed by atoms with van der Waals surface area (Å²) >= 11 is 1.36. The minimum absolute atomic E-state index is 0.0276. The number of nitrogens with one attached hydrogen (secondary N) is 1. The molecule has 3 aromatic rings. The minimum atomic E-state index is -0.198. The number of fused-ring (bicyclic) bond motifs is 1. The third-order valence-corrected chi connectivity index (χ3v) is 6.70. The average molecular weight is 472 g/mol. The minimum Gasteiger partial charge on any atom is -0.354 e. The van der Waals surface area contributed by atoms with Crippen molar-refractivity contribution in [3.8, 4) is 0 Å². The molecule has 3 amide bonds. The van der Waals surface area contributed by atoms with Crippen LogP contribution in [0, 0.1) is 0 Å². The van der Waals surface area contributed by atoms with Crippen LogP contribution in [-0.4, -0.2) is 95.2 Å². The molecule has 1 aromatic carbocycles. The predicted molar refractivity (Wildman–Crippen MR) is 125 cm³/mol. The van der Waals surface area contributed by atoms with E-state index >= 15 is 0 Å². The van der Waals surface area contributed by atoms with E-state index in [1.807, 2.05) is 24.3 Å². The van der Waals surface area contributed by atoms with Gasteiger partial charge in [0, 0.05) is 63.9 Å². The summed E-state index contributed by atoms with van der Waals surface area (Å²) in [7, 11) is 0. The van der Waals surface area contributed by atoms with E-state index in [1.165, 1.54) is 11.5 Å². The van der Waals surface area contributed by atoms with Gasteiger partial charge in [-0.3, -0.25) is 10.1 Å². The number of piperazine rings is 2. The van der Waals surface area contributed by atoms with E-state index in [0.717, 1.165) is 10.5 Å². The molecule has 0 bridgehead atoms. The van der Waals surface area contributed by atoms with Crippen molar-refractivity contribution in [2.75, 3.05) is 74.0 Å². The summed E-state index contributed by atoms with van der Waals surface area (Å²) in [5.74, 6) is 1.09. The highest BCUT2D eigenvalue weighted by atomic mass is 32.1. The molecule has 2 aliphatic heterocycles. The van der Waals surface area contributed by atoms with E-state index in [2.05, 4.69) is 24.6 Å². The van der Waals surface area contributed by atoms with Gasteiger partial charge in [-0.15, -0.1) is 0 Å². The Balaban J connectivity index is 1.14. The molecule has 0 spiro atoms. The number of rotatable bonds is 4. The standard InChI is InChI=1S/C20H25N9O3S/c21-13-16(30)26-5-7-27(8-6-26)18-23-20(33-25-18)29-11-9-28(10-12-29)19(31)22-17-14-3-1-2-4-15(14)32-24-17/h1-4H,5-13,21H2,(H,22,24,31). The number of amides is 3. The summed E-state index contributed by atoms with van der Waals surface area (Å²) in [6.07, 6.45) is 0. The van der Waals surface area contributed by atoms with Gasteiger partial charge in [-0.1, -0.05) is 17.3 Å². The molecule has 2 aromatic heterocycles. The molecule has 2 aliphatic rings. The van der Waals surface area contributed by atoms with Crippen LogP contribution in [0.25, 0.3) is 11.0 Å². The lowest BCUT2D eigenvalue weighted by atomic mass is 10.2. The molecule has 2 fully saturated rings. The van der Waals surface area contributed by atoms with Crippen LogP contribution in [0.3, 0.4) is 0 Å². The van der Waals surface area contributed by atoms with Gasteiger partial charge in [0.05, 0.1) is 11.9 Å². The lowest BCUT2D eigenvalue weighted by Gasteiger charge is -2.34. The fourth-order valence-corrected chi connectivity index (χ4v) is 4.75. The molecule has 0 atom stereocenters. The molecule has 0 saturated carbocycles. The first-order chi connectivity index (χ1) is 16.1. The first-order valence-corrected chi connectivity index (χ1v) is 11.6. The van der Waals surface area contributed by atoms with Gasteiger partial charge >= 0.3 is 6.03 Å². The Morgan fingerprint density at radius 2 is 1.70 bits per heavy atom. The second-order valence-corrected chi connectivity index (χ2v) is 8.61. The van der Waals surface area contributed by atoms with Crippen LogP contribution >= 0.6 is 11.5 Å². The number of nitrogens with two attached hydrogens (primary N) is 1. The second-order valence-electron chi connectivity index (χ2n) is 7.88. The number of hydrogen-bond donors (Lipinski definition) is 2. The maximum Gasteiger partial charge on any atom is 0.323 e. The molecule has 13 heteroatoms. The van der Waals surface area contributed by atoms with Gasteiger partial charge in [-0.25, -0.2) is 4.79 Å². The number of urea groups is 1. The molecular formula is C20H25N9O3S. The van der Waals surface area contributed by atoms with Crippen molar-refractivity contribution in [3.63, 3.8) is 0 Å². The van der Waals surface area contributed by atoms with E-state index in [-0.39, 0.29) is 18.5 Å². The van der Waals surface area contributed by atoms with Gasteiger partial charge < -0.3 is 29.9 Å². The smallest absolute Gasteiger partial charge is 0.323 e. The first kappa shape index (κ1) is 21.4. The zero-order valence-electron chi connectivity index (χ0n) is 18.0. The number of carbonyl (C=O) groups is 2. The Bertz CT molecular complexity index is 1130. The summed E-state index contributed by atoms with van der Waals surface area (Å²) in [6.45, 7) is 5.13. The summed E-state index contributed by atoms with van der Waals surface area (Å²) in [5, 5.41) is 8.43. The van der Waals surface area contributed by atoms with E-state index in [1.54, 1.807) is 9.80 Å². The number of para-hydroxylation sites is 1. The van der Waals surface area contributed by atoms with E-state index < -0.39 is 0 Å². The largest absolute Gasteiger partial charge is 0.354 e. The Morgan fingerprint density at radius 3 is 2.45 bits per heavy atom. The van der Waals surface area contributed by atoms with Gasteiger partial charge in [-0.2, -0.15) is 9.36 Å². The lowest BCUT2D eigenvalue weighted by molar-refractivity contribution is -0.129. The van der Waals surface area contributed by atoms with Crippen LogP contribution in [0.2, 0.25) is 0 Å². The summed E-state index contributed by atoms with van der Waals surface area (Å²) < 4.78 is 9.77. The van der Waals surface area contributed by atoms with Crippen molar-refractivity contribution < 1.29 is 14.1 Å². The van der Waals surface area contributed by atoms with Gasteiger partial charge in [0.15, 0.2) is 11.4 Å². The second kappa shape index (κ2) is 9.19. The Morgan fingerprint density at radius 1 is 1.00 bits per heavy atom. The highest BCUT2D eigenvalue weighted by Gasteiger charge is 2.27. The van der Waals surface area contributed by atoms with Gasteiger partial charge in [-0.05, 0) is 12.1 Å². The summed E-state index contributed by atoms with van der Waals surface area (Å²) in [6, 6.07) is 7.22. The monoisotopic (exact) mass is 471 g/mol. The lowest BCUT2D eigenvalue weighted by Crippen LogP contribution is -2.51. The number of nitrogens with zero attached hydrogens (tertiary/aromatic N) is 7. The number of anilines is 3. The van der Waals surface area contributed by atoms with Crippen LogP contribution in [-0.2, 0) is 4.79 Å². The average Bonchev–Trinajstić information content (AvgIpc) is 3.52. The highest BCUT2D eigenvalue weighted by molar-refractivity contribution is 7.09. The van der Waals surface area contributed by atoms with Crippen LogP contribution < -0.4 is 20.9 Å². The highest BCUT2D eigenvalue weighted by Crippen LogP contribution is 2.25. The number of benzene rings is 1. The van der Waals surface area contributed by atoms with Gasteiger partial charge in [0.1, 0.15) is 0 Å². The van der Waals surface area contributed by atoms with E-state index in [4.69, 9.17) is 15.2 Å². The molecule has 0 radical (unpaired) electrons. The Labute approximate surface area is 194 Å². The maximum atomic E-state index is 12.7. The van der Waals surface area contributed by atoms with E-state index in [9.17, 15) is 9.59 Å². The maximum absolute atomic E-state index is 12.7. The molecule has 33 heavy (non-hydrogen) atoms. The SMILES string of the molecule is NCC(=O)N1CCN(c2nsc(N3CCN(C(=O)Nc4noc5ccccc45)CC3)n2)CC1. The van der Waals surface area contributed by atoms with Crippen LogP contribution in [0.5, 0.6) is 0 Å². The number of hydrogen-bond acceptors (Lipinski definition) is 10.